The van der Waals surface area contributed by atoms with Gasteiger partial charge in [0.2, 0.25) is 5.95 Å². The summed E-state index contributed by atoms with van der Waals surface area (Å²) in [6, 6.07) is 13.6. The van der Waals surface area contributed by atoms with Gasteiger partial charge in [-0.1, -0.05) is 35.9 Å². The highest BCUT2D eigenvalue weighted by molar-refractivity contribution is 6.30. The Hall–Kier alpha value is -3.03. The molecule has 0 radical (unpaired) electrons. The number of benzene rings is 2. The Balaban J connectivity index is 1.69. The van der Waals surface area contributed by atoms with Crippen molar-refractivity contribution < 1.29 is 9.15 Å². The van der Waals surface area contributed by atoms with E-state index in [0.29, 0.717) is 24.1 Å². The molecule has 3 N–H and O–H groups in total. The van der Waals surface area contributed by atoms with Crippen LogP contribution in [0.1, 0.15) is 18.1 Å². The monoisotopic (exact) mass is 411 g/mol. The van der Waals surface area contributed by atoms with Crippen molar-refractivity contribution in [3.63, 3.8) is 0 Å². The predicted octanol–water partition coefficient (Wildman–Crippen LogP) is 4.11. The summed E-state index contributed by atoms with van der Waals surface area (Å²) in [6.07, 6.45) is 3.24. The molecule has 0 saturated heterocycles. The number of halogens is 1. The van der Waals surface area contributed by atoms with E-state index >= 15 is 0 Å². The number of hydrogen-bond acceptors (Lipinski definition) is 5. The van der Waals surface area contributed by atoms with Crippen LogP contribution in [0.5, 0.6) is 0 Å². The Labute approximate surface area is 172 Å². The SMILES string of the molecule is COCC(C)(Nc1nc2c(Cn3ccoc3=N)cccc2[nH]1)c1cccc(Cl)c1. The maximum absolute atomic E-state index is 7.82. The molecule has 0 fully saturated rings. The number of imidazole rings is 1. The molecule has 29 heavy (non-hydrogen) atoms. The second kappa shape index (κ2) is 7.77. The summed E-state index contributed by atoms with van der Waals surface area (Å²) in [5, 5.41) is 12.0. The number of aromatic amines is 1. The fraction of sp³-hybridized carbons (Fsp3) is 0.238. The van der Waals surface area contributed by atoms with Gasteiger partial charge in [0.25, 0.3) is 5.68 Å². The van der Waals surface area contributed by atoms with E-state index < -0.39 is 5.54 Å². The van der Waals surface area contributed by atoms with Crippen molar-refractivity contribution in [1.29, 1.82) is 5.41 Å². The van der Waals surface area contributed by atoms with Crippen LogP contribution in [-0.2, 0) is 16.8 Å². The summed E-state index contributed by atoms with van der Waals surface area (Å²) >= 11 is 6.20. The number of methoxy groups -OCH3 is 1. The van der Waals surface area contributed by atoms with E-state index in [1.807, 2.05) is 49.4 Å². The number of anilines is 1. The highest BCUT2D eigenvalue weighted by atomic mass is 35.5. The topological polar surface area (TPSA) is 91.9 Å². The third-order valence-corrected chi connectivity index (χ3v) is 5.14. The van der Waals surface area contributed by atoms with Crippen molar-refractivity contribution >= 4 is 28.6 Å². The van der Waals surface area contributed by atoms with Gasteiger partial charge in [0, 0.05) is 18.3 Å². The van der Waals surface area contributed by atoms with Gasteiger partial charge in [0.15, 0.2) is 0 Å². The molecular formula is C21H22ClN5O2. The summed E-state index contributed by atoms with van der Waals surface area (Å²) in [7, 11) is 1.67. The van der Waals surface area contributed by atoms with Crippen molar-refractivity contribution in [2.24, 2.45) is 0 Å². The quantitative estimate of drug-likeness (QED) is 0.426. The molecule has 8 heteroatoms. The minimum Gasteiger partial charge on any atom is -0.432 e. The maximum atomic E-state index is 7.82. The van der Waals surface area contributed by atoms with Crippen molar-refractivity contribution in [3.05, 3.63) is 76.8 Å². The Kier molecular flexibility index (Phi) is 5.17. The van der Waals surface area contributed by atoms with E-state index in [9.17, 15) is 0 Å². The van der Waals surface area contributed by atoms with Gasteiger partial charge in [0.05, 0.1) is 29.7 Å². The molecule has 4 rings (SSSR count). The van der Waals surface area contributed by atoms with Gasteiger partial charge in [-0.2, -0.15) is 0 Å². The van der Waals surface area contributed by atoms with E-state index in [2.05, 4.69) is 10.3 Å². The average molecular weight is 412 g/mol. The van der Waals surface area contributed by atoms with Crippen LogP contribution in [0.3, 0.4) is 0 Å². The number of fused-ring (bicyclic) bond motifs is 1. The molecule has 0 aliphatic heterocycles. The molecule has 2 aromatic carbocycles. The van der Waals surface area contributed by atoms with Crippen molar-refractivity contribution in [2.75, 3.05) is 19.0 Å². The number of aromatic nitrogens is 3. The number of hydrogen-bond donors (Lipinski definition) is 3. The number of nitrogens with one attached hydrogen (secondary N) is 3. The second-order valence-electron chi connectivity index (χ2n) is 7.14. The minimum absolute atomic E-state index is 0.101. The number of H-pyrrole nitrogens is 1. The first kappa shape index (κ1) is 19.3. The van der Waals surface area contributed by atoms with E-state index in [4.69, 9.17) is 31.1 Å². The Morgan fingerprint density at radius 2 is 2.14 bits per heavy atom. The summed E-state index contributed by atoms with van der Waals surface area (Å²) < 4.78 is 12.3. The molecular weight excluding hydrogens is 390 g/mol. The van der Waals surface area contributed by atoms with Gasteiger partial charge < -0.3 is 19.5 Å². The first-order chi connectivity index (χ1) is 14.0. The predicted molar refractivity (Wildman–Crippen MR) is 112 cm³/mol. The highest BCUT2D eigenvalue weighted by Gasteiger charge is 2.28. The van der Waals surface area contributed by atoms with Crippen LogP contribution in [0, 0.1) is 5.41 Å². The molecule has 0 saturated carbocycles. The molecule has 1 unspecified atom stereocenters. The molecule has 4 aromatic rings. The van der Waals surface area contributed by atoms with E-state index in [0.717, 1.165) is 22.2 Å². The molecule has 0 amide bonds. The molecule has 0 aliphatic rings. The normalized spacial score (nSPS) is 13.5. The van der Waals surface area contributed by atoms with Crippen LogP contribution in [0.4, 0.5) is 5.95 Å². The summed E-state index contributed by atoms with van der Waals surface area (Å²) in [4.78, 5) is 8.12. The third kappa shape index (κ3) is 3.92. The molecule has 1 atom stereocenters. The van der Waals surface area contributed by atoms with Crippen molar-refractivity contribution in [1.82, 2.24) is 14.5 Å². The number of rotatable bonds is 7. The largest absolute Gasteiger partial charge is 0.432 e. The van der Waals surface area contributed by atoms with Crippen LogP contribution >= 0.6 is 11.6 Å². The van der Waals surface area contributed by atoms with Crippen LogP contribution in [-0.4, -0.2) is 28.3 Å². The number of nitrogens with zero attached hydrogens (tertiary/aromatic N) is 2. The fourth-order valence-electron chi connectivity index (χ4n) is 3.46. The zero-order valence-electron chi connectivity index (χ0n) is 16.2. The molecule has 2 aromatic heterocycles. The van der Waals surface area contributed by atoms with Crippen LogP contribution in [0.15, 0.2) is 59.3 Å². The Morgan fingerprint density at radius 1 is 1.31 bits per heavy atom. The fourth-order valence-corrected chi connectivity index (χ4v) is 3.65. The van der Waals surface area contributed by atoms with Gasteiger partial charge in [-0.3, -0.25) is 9.98 Å². The van der Waals surface area contributed by atoms with Gasteiger partial charge >= 0.3 is 0 Å². The zero-order chi connectivity index (χ0) is 20.4. The molecule has 7 nitrogen and oxygen atoms in total. The zero-order valence-corrected chi connectivity index (χ0v) is 17.0. The molecule has 0 aliphatic carbocycles. The lowest BCUT2D eigenvalue weighted by molar-refractivity contribution is 0.150. The summed E-state index contributed by atoms with van der Waals surface area (Å²) in [6.45, 7) is 2.98. The van der Waals surface area contributed by atoms with Crippen LogP contribution in [0.25, 0.3) is 11.0 Å². The first-order valence-corrected chi connectivity index (χ1v) is 9.55. The first-order valence-electron chi connectivity index (χ1n) is 9.18. The van der Waals surface area contributed by atoms with Gasteiger partial charge in [-0.15, -0.1) is 0 Å². The second-order valence-corrected chi connectivity index (χ2v) is 7.57. The number of oxazole rings is 1. The van der Waals surface area contributed by atoms with Crippen molar-refractivity contribution in [3.8, 4) is 0 Å². The Morgan fingerprint density at radius 3 is 2.86 bits per heavy atom. The maximum Gasteiger partial charge on any atom is 0.293 e. The van der Waals surface area contributed by atoms with Gasteiger partial charge in [0.1, 0.15) is 6.26 Å². The van der Waals surface area contributed by atoms with Gasteiger partial charge in [-0.25, -0.2) is 4.98 Å². The Bertz CT molecular complexity index is 1190. The van der Waals surface area contributed by atoms with E-state index in [1.54, 1.807) is 17.9 Å². The lowest BCUT2D eigenvalue weighted by atomic mass is 9.93. The standard InChI is InChI=1S/C21H22ClN5O2/c1-21(13-28-2,15-6-4-7-16(22)11-15)26-20-24-17-8-3-5-14(18(17)25-20)12-27-9-10-29-19(27)23/h3-11,23H,12-13H2,1-2H3,(H2,24,25,26). The number of para-hydroxylation sites is 1. The molecule has 0 bridgehead atoms. The highest BCUT2D eigenvalue weighted by Crippen LogP contribution is 2.29. The molecule has 0 spiro atoms. The van der Waals surface area contributed by atoms with Crippen molar-refractivity contribution in [2.45, 2.75) is 19.0 Å². The minimum atomic E-state index is -0.526. The van der Waals surface area contributed by atoms with Crippen LogP contribution < -0.4 is 11.0 Å². The third-order valence-electron chi connectivity index (χ3n) is 4.91. The van der Waals surface area contributed by atoms with Crippen LogP contribution in [0.2, 0.25) is 5.02 Å². The van der Waals surface area contributed by atoms with Gasteiger partial charge in [-0.05, 0) is 36.2 Å². The van der Waals surface area contributed by atoms with E-state index in [-0.39, 0.29) is 5.68 Å². The molecule has 2 heterocycles. The van der Waals surface area contributed by atoms with E-state index in [1.165, 1.54) is 6.26 Å². The summed E-state index contributed by atoms with van der Waals surface area (Å²) in [5.41, 5.74) is 3.31. The lowest BCUT2D eigenvalue weighted by Crippen LogP contribution is -2.37. The summed E-state index contributed by atoms with van der Waals surface area (Å²) in [5.74, 6) is 0.635. The number of ether oxygens (including phenoxy) is 1. The average Bonchev–Trinajstić information content (AvgIpc) is 3.28. The smallest absolute Gasteiger partial charge is 0.293 e. The molecule has 150 valence electrons. The lowest BCUT2D eigenvalue weighted by Gasteiger charge is -2.30.